The van der Waals surface area contributed by atoms with Crippen LogP contribution in [0.5, 0.6) is 5.75 Å². The predicted octanol–water partition coefficient (Wildman–Crippen LogP) is 4.49. The van der Waals surface area contributed by atoms with Crippen molar-refractivity contribution >= 4 is 0 Å². The quantitative estimate of drug-likeness (QED) is 0.636. The molecule has 0 unspecified atom stereocenters. The van der Waals surface area contributed by atoms with Crippen LogP contribution in [0.15, 0.2) is 18.2 Å². The molecule has 0 saturated carbocycles. The van der Waals surface area contributed by atoms with Crippen molar-refractivity contribution in [3.8, 4) is 5.75 Å². The van der Waals surface area contributed by atoms with Crippen LogP contribution < -0.4 is 10.1 Å². The van der Waals surface area contributed by atoms with Gasteiger partial charge < -0.3 is 10.1 Å². The van der Waals surface area contributed by atoms with Gasteiger partial charge in [-0.25, -0.2) is 0 Å². The first-order valence-electron chi connectivity index (χ1n) is 8.00. The molecular formula is C18H31NO. The van der Waals surface area contributed by atoms with Gasteiger partial charge in [0.1, 0.15) is 5.75 Å². The maximum atomic E-state index is 5.86. The number of ether oxygens (including phenoxy) is 1. The van der Waals surface area contributed by atoms with Crippen molar-refractivity contribution in [3.05, 3.63) is 29.3 Å². The number of aryl methyl sites for hydroxylation is 2. The zero-order valence-corrected chi connectivity index (χ0v) is 13.7. The zero-order chi connectivity index (χ0) is 14.8. The lowest BCUT2D eigenvalue weighted by Crippen LogP contribution is -2.20. The normalized spacial score (nSPS) is 11.1. The van der Waals surface area contributed by atoms with Crippen molar-refractivity contribution in [1.82, 2.24) is 5.32 Å². The summed E-state index contributed by atoms with van der Waals surface area (Å²) in [5, 5.41) is 3.48. The second kappa shape index (κ2) is 9.82. The molecule has 1 rings (SSSR count). The van der Waals surface area contributed by atoms with Gasteiger partial charge in [0.05, 0.1) is 6.61 Å². The van der Waals surface area contributed by atoms with E-state index in [0.29, 0.717) is 0 Å². The minimum absolute atomic E-state index is 0.751. The maximum absolute atomic E-state index is 5.86. The summed E-state index contributed by atoms with van der Waals surface area (Å²) in [4.78, 5) is 0. The molecule has 0 amide bonds. The molecule has 0 aliphatic heterocycles. The van der Waals surface area contributed by atoms with Crippen molar-refractivity contribution in [2.45, 2.75) is 53.4 Å². The monoisotopic (exact) mass is 277 g/mol. The number of hydrogen-bond acceptors (Lipinski definition) is 2. The van der Waals surface area contributed by atoms with E-state index in [1.807, 2.05) is 0 Å². The molecule has 1 aromatic rings. The number of benzene rings is 1. The highest BCUT2D eigenvalue weighted by molar-refractivity contribution is 5.35. The fraction of sp³-hybridized carbons (Fsp3) is 0.667. The van der Waals surface area contributed by atoms with E-state index in [-0.39, 0.29) is 0 Å². The minimum Gasteiger partial charge on any atom is -0.493 e. The third-order valence-electron chi connectivity index (χ3n) is 3.40. The van der Waals surface area contributed by atoms with E-state index in [1.54, 1.807) is 0 Å². The van der Waals surface area contributed by atoms with E-state index in [4.69, 9.17) is 4.74 Å². The molecule has 1 aromatic carbocycles. The Morgan fingerprint density at radius 2 is 1.80 bits per heavy atom. The average molecular weight is 277 g/mol. The first-order chi connectivity index (χ1) is 9.59. The summed E-state index contributed by atoms with van der Waals surface area (Å²) in [6.45, 7) is 11.8. The lowest BCUT2D eigenvalue weighted by molar-refractivity contribution is 0.302. The SMILES string of the molecule is Cc1ccc(C)c(OCCCCCCNCC(C)C)c1. The summed E-state index contributed by atoms with van der Waals surface area (Å²) in [6.07, 6.45) is 4.98. The van der Waals surface area contributed by atoms with Crippen LogP contribution in [-0.4, -0.2) is 19.7 Å². The first-order valence-corrected chi connectivity index (χ1v) is 8.00. The summed E-state index contributed by atoms with van der Waals surface area (Å²) in [7, 11) is 0. The minimum atomic E-state index is 0.751. The molecule has 0 aliphatic carbocycles. The Bertz CT molecular complexity index is 374. The Morgan fingerprint density at radius 1 is 1.05 bits per heavy atom. The molecule has 0 atom stereocenters. The fourth-order valence-electron chi connectivity index (χ4n) is 2.14. The molecule has 0 aromatic heterocycles. The topological polar surface area (TPSA) is 21.3 Å². The molecule has 0 saturated heterocycles. The van der Waals surface area contributed by atoms with Crippen molar-refractivity contribution in [1.29, 1.82) is 0 Å². The summed E-state index contributed by atoms with van der Waals surface area (Å²) < 4.78 is 5.86. The smallest absolute Gasteiger partial charge is 0.122 e. The highest BCUT2D eigenvalue weighted by Crippen LogP contribution is 2.19. The lowest BCUT2D eigenvalue weighted by atomic mass is 10.1. The molecule has 0 aliphatic rings. The zero-order valence-electron chi connectivity index (χ0n) is 13.7. The summed E-state index contributed by atoms with van der Waals surface area (Å²) >= 11 is 0. The predicted molar refractivity (Wildman–Crippen MR) is 87.6 cm³/mol. The van der Waals surface area contributed by atoms with Crippen LogP contribution in [0.4, 0.5) is 0 Å². The van der Waals surface area contributed by atoms with Crippen LogP contribution in [0.1, 0.15) is 50.7 Å². The van der Waals surface area contributed by atoms with Gasteiger partial charge in [-0.1, -0.05) is 38.8 Å². The van der Waals surface area contributed by atoms with Gasteiger partial charge in [0.15, 0.2) is 0 Å². The van der Waals surface area contributed by atoms with E-state index >= 15 is 0 Å². The van der Waals surface area contributed by atoms with Gasteiger partial charge >= 0.3 is 0 Å². The highest BCUT2D eigenvalue weighted by atomic mass is 16.5. The van der Waals surface area contributed by atoms with Gasteiger partial charge in [-0.3, -0.25) is 0 Å². The van der Waals surface area contributed by atoms with Crippen molar-refractivity contribution in [2.24, 2.45) is 5.92 Å². The number of nitrogens with one attached hydrogen (secondary N) is 1. The summed E-state index contributed by atoms with van der Waals surface area (Å²) in [5.41, 5.74) is 2.50. The molecule has 1 N–H and O–H groups in total. The Hall–Kier alpha value is -1.02. The third-order valence-corrected chi connectivity index (χ3v) is 3.40. The van der Waals surface area contributed by atoms with Gasteiger partial charge in [0.2, 0.25) is 0 Å². The molecule has 0 heterocycles. The molecule has 0 spiro atoms. The number of unbranched alkanes of at least 4 members (excludes halogenated alkanes) is 3. The Balaban J connectivity index is 2.01. The van der Waals surface area contributed by atoms with Gasteiger partial charge in [-0.2, -0.15) is 0 Å². The fourth-order valence-corrected chi connectivity index (χ4v) is 2.14. The van der Waals surface area contributed by atoms with E-state index < -0.39 is 0 Å². The second-order valence-corrected chi connectivity index (χ2v) is 6.13. The summed E-state index contributed by atoms with van der Waals surface area (Å²) in [6, 6.07) is 6.39. The first kappa shape index (κ1) is 17.0. The Labute approximate surface area is 124 Å². The van der Waals surface area contributed by atoms with E-state index in [2.05, 4.69) is 51.2 Å². The Morgan fingerprint density at radius 3 is 2.55 bits per heavy atom. The molecule has 2 heteroatoms. The van der Waals surface area contributed by atoms with Crippen LogP contribution in [0.25, 0.3) is 0 Å². The number of rotatable bonds is 10. The van der Waals surface area contributed by atoms with Crippen molar-refractivity contribution in [3.63, 3.8) is 0 Å². The lowest BCUT2D eigenvalue weighted by Gasteiger charge is -2.10. The molecule has 114 valence electrons. The van der Waals surface area contributed by atoms with Crippen molar-refractivity contribution < 1.29 is 4.74 Å². The van der Waals surface area contributed by atoms with Gasteiger partial charge in [-0.05, 0) is 62.9 Å². The van der Waals surface area contributed by atoms with Crippen LogP contribution in [-0.2, 0) is 0 Å². The largest absolute Gasteiger partial charge is 0.493 e. The van der Waals surface area contributed by atoms with Gasteiger partial charge in [-0.15, -0.1) is 0 Å². The van der Waals surface area contributed by atoms with Crippen molar-refractivity contribution in [2.75, 3.05) is 19.7 Å². The molecule has 0 bridgehead atoms. The molecule has 0 radical (unpaired) electrons. The highest BCUT2D eigenvalue weighted by Gasteiger charge is 1.99. The molecule has 20 heavy (non-hydrogen) atoms. The third kappa shape index (κ3) is 7.54. The second-order valence-electron chi connectivity index (χ2n) is 6.13. The summed E-state index contributed by atoms with van der Waals surface area (Å²) in [5.74, 6) is 1.80. The van der Waals surface area contributed by atoms with Gasteiger partial charge in [0.25, 0.3) is 0 Å². The van der Waals surface area contributed by atoms with Gasteiger partial charge in [0, 0.05) is 0 Å². The molecule has 2 nitrogen and oxygen atoms in total. The Kier molecular flexibility index (Phi) is 8.36. The number of hydrogen-bond donors (Lipinski definition) is 1. The van der Waals surface area contributed by atoms with E-state index in [0.717, 1.165) is 37.8 Å². The van der Waals surface area contributed by atoms with E-state index in [1.165, 1.54) is 30.4 Å². The van der Waals surface area contributed by atoms with Crippen LogP contribution in [0, 0.1) is 19.8 Å². The van der Waals surface area contributed by atoms with Crippen LogP contribution in [0.3, 0.4) is 0 Å². The molecule has 0 fully saturated rings. The average Bonchev–Trinajstić information content (AvgIpc) is 2.40. The van der Waals surface area contributed by atoms with Crippen LogP contribution in [0.2, 0.25) is 0 Å². The van der Waals surface area contributed by atoms with Crippen LogP contribution >= 0.6 is 0 Å². The maximum Gasteiger partial charge on any atom is 0.122 e. The molecular weight excluding hydrogens is 246 g/mol. The standard InChI is InChI=1S/C18H31NO/c1-15(2)14-19-11-7-5-6-8-12-20-18-13-16(3)9-10-17(18)4/h9-10,13,15,19H,5-8,11-12,14H2,1-4H3. The van der Waals surface area contributed by atoms with E-state index in [9.17, 15) is 0 Å².